The van der Waals surface area contributed by atoms with E-state index in [1.54, 1.807) is 0 Å². The van der Waals surface area contributed by atoms with E-state index in [1.165, 1.54) is 0 Å². The molecule has 0 bridgehead atoms. The van der Waals surface area contributed by atoms with Crippen molar-refractivity contribution in [3.05, 3.63) is 12.2 Å². The number of alkyl halides is 2. The van der Waals surface area contributed by atoms with E-state index in [4.69, 9.17) is 0 Å². The molecule has 0 radical (unpaired) electrons. The Morgan fingerprint density at radius 2 is 1.93 bits per heavy atom. The van der Waals surface area contributed by atoms with E-state index >= 15 is 0 Å². The van der Waals surface area contributed by atoms with Crippen molar-refractivity contribution in [2.75, 3.05) is 13.1 Å². The van der Waals surface area contributed by atoms with Crippen LogP contribution in [0.3, 0.4) is 0 Å². The van der Waals surface area contributed by atoms with Gasteiger partial charge in [-0.1, -0.05) is 32.9 Å². The maximum Gasteiger partial charge on any atom is 0.262 e. The second-order valence-corrected chi connectivity index (χ2v) is 6.10. The van der Waals surface area contributed by atoms with Crippen LogP contribution in [0, 0.1) is 5.41 Å². The summed E-state index contributed by atoms with van der Waals surface area (Å²) in [5.74, 6) is -2.52. The largest absolute Gasteiger partial charge is 0.287 e. The molecule has 0 spiro atoms. The molecule has 0 aliphatic carbocycles. The highest BCUT2D eigenvalue weighted by molar-refractivity contribution is 5.23. The highest BCUT2D eigenvalue weighted by atomic mass is 19.3. The van der Waals surface area contributed by atoms with Crippen LogP contribution in [0.25, 0.3) is 0 Å². The minimum atomic E-state index is -2.52. The third-order valence-corrected chi connectivity index (χ3v) is 3.93. The topological polar surface area (TPSA) is 3.24 Å². The molecule has 1 nitrogen and oxygen atoms in total. The molecule has 86 valence electrons. The molecule has 2 heterocycles. The summed E-state index contributed by atoms with van der Waals surface area (Å²) in [6.07, 6.45) is 0.717. The minimum Gasteiger partial charge on any atom is -0.287 e. The summed E-state index contributed by atoms with van der Waals surface area (Å²) in [6.45, 7) is 10.7. The Morgan fingerprint density at radius 1 is 1.33 bits per heavy atom. The molecule has 0 aromatic heterocycles. The van der Waals surface area contributed by atoms with Gasteiger partial charge in [-0.2, -0.15) is 0 Å². The maximum atomic E-state index is 13.5. The molecule has 0 aromatic rings. The van der Waals surface area contributed by atoms with Crippen LogP contribution in [0.1, 0.15) is 33.6 Å². The van der Waals surface area contributed by atoms with Crippen molar-refractivity contribution in [3.63, 3.8) is 0 Å². The van der Waals surface area contributed by atoms with E-state index in [2.05, 4.69) is 27.4 Å². The SMILES string of the molecule is C=C1CN2CC(F)(F)CC2(C(C)(C)C)C1. The van der Waals surface area contributed by atoms with Crippen molar-refractivity contribution in [3.8, 4) is 0 Å². The number of hydrogen-bond donors (Lipinski definition) is 0. The van der Waals surface area contributed by atoms with Crippen molar-refractivity contribution in [2.45, 2.75) is 45.1 Å². The molecule has 2 aliphatic rings. The Kier molecular flexibility index (Phi) is 2.08. The Bertz CT molecular complexity index is 303. The number of fused-ring (bicyclic) bond motifs is 1. The van der Waals surface area contributed by atoms with E-state index in [0.717, 1.165) is 12.0 Å². The summed E-state index contributed by atoms with van der Waals surface area (Å²) in [6, 6.07) is 0. The highest BCUT2D eigenvalue weighted by Crippen LogP contribution is 2.55. The van der Waals surface area contributed by atoms with Crippen LogP contribution in [0.2, 0.25) is 0 Å². The fourth-order valence-electron chi connectivity index (χ4n) is 3.15. The fraction of sp³-hybridized carbons (Fsp3) is 0.833. The molecule has 0 amide bonds. The summed E-state index contributed by atoms with van der Waals surface area (Å²) in [5, 5.41) is 0. The lowest BCUT2D eigenvalue weighted by Gasteiger charge is -2.43. The van der Waals surface area contributed by atoms with Crippen molar-refractivity contribution in [1.82, 2.24) is 4.90 Å². The van der Waals surface area contributed by atoms with Gasteiger partial charge in [0.1, 0.15) is 0 Å². The predicted molar refractivity (Wildman–Crippen MR) is 57.1 cm³/mol. The number of nitrogens with zero attached hydrogens (tertiary/aromatic N) is 1. The van der Waals surface area contributed by atoms with Gasteiger partial charge in [0.05, 0.1) is 6.54 Å². The third kappa shape index (κ3) is 1.52. The number of rotatable bonds is 0. The van der Waals surface area contributed by atoms with Crippen molar-refractivity contribution < 1.29 is 8.78 Å². The fourth-order valence-corrected chi connectivity index (χ4v) is 3.15. The van der Waals surface area contributed by atoms with Gasteiger partial charge in [-0.15, -0.1) is 0 Å². The molecule has 2 saturated heterocycles. The second kappa shape index (κ2) is 2.82. The standard InChI is InChI=1S/C12H19F2N/c1-9-5-11(10(2,3)4)7-12(13,14)8-15(11)6-9/h1,5-8H2,2-4H3. The van der Waals surface area contributed by atoms with Gasteiger partial charge in [0, 0.05) is 18.5 Å². The van der Waals surface area contributed by atoms with Crippen LogP contribution >= 0.6 is 0 Å². The lowest BCUT2D eigenvalue weighted by molar-refractivity contribution is 0.00523. The smallest absolute Gasteiger partial charge is 0.262 e. The third-order valence-electron chi connectivity index (χ3n) is 3.93. The van der Waals surface area contributed by atoms with Gasteiger partial charge in [-0.25, -0.2) is 8.78 Å². The molecular formula is C12H19F2N. The van der Waals surface area contributed by atoms with Crippen LogP contribution in [-0.4, -0.2) is 29.5 Å². The van der Waals surface area contributed by atoms with Gasteiger partial charge in [0.2, 0.25) is 0 Å². The molecule has 15 heavy (non-hydrogen) atoms. The van der Waals surface area contributed by atoms with Crippen LogP contribution in [0.4, 0.5) is 8.78 Å². The summed E-state index contributed by atoms with van der Waals surface area (Å²) in [4.78, 5) is 1.94. The molecular weight excluding hydrogens is 196 g/mol. The highest BCUT2D eigenvalue weighted by Gasteiger charge is 2.61. The van der Waals surface area contributed by atoms with Crippen LogP contribution < -0.4 is 0 Å². The van der Waals surface area contributed by atoms with Gasteiger partial charge in [-0.3, -0.25) is 4.90 Å². The quantitative estimate of drug-likeness (QED) is 0.561. The average molecular weight is 215 g/mol. The van der Waals surface area contributed by atoms with E-state index in [9.17, 15) is 8.78 Å². The van der Waals surface area contributed by atoms with Gasteiger partial charge >= 0.3 is 0 Å². The number of hydrogen-bond acceptors (Lipinski definition) is 1. The molecule has 0 saturated carbocycles. The Hall–Kier alpha value is -0.440. The maximum absolute atomic E-state index is 13.5. The molecule has 1 unspecified atom stereocenters. The first kappa shape index (κ1) is 11.1. The Labute approximate surface area is 90.1 Å². The zero-order valence-corrected chi connectivity index (χ0v) is 9.74. The van der Waals surface area contributed by atoms with E-state index in [0.29, 0.717) is 6.54 Å². The van der Waals surface area contributed by atoms with E-state index in [1.807, 2.05) is 4.90 Å². The summed E-state index contributed by atoms with van der Waals surface area (Å²) in [7, 11) is 0. The Morgan fingerprint density at radius 3 is 2.40 bits per heavy atom. The average Bonchev–Trinajstić information content (AvgIpc) is 2.34. The van der Waals surface area contributed by atoms with Crippen LogP contribution in [0.5, 0.6) is 0 Å². The van der Waals surface area contributed by atoms with Gasteiger partial charge in [0.15, 0.2) is 0 Å². The first-order chi connectivity index (χ1) is 6.66. The summed E-state index contributed by atoms with van der Waals surface area (Å²) in [5.41, 5.74) is 0.611. The van der Waals surface area contributed by atoms with Gasteiger partial charge < -0.3 is 0 Å². The van der Waals surface area contributed by atoms with E-state index < -0.39 is 5.92 Å². The first-order valence-corrected chi connectivity index (χ1v) is 5.46. The zero-order chi connectivity index (χ0) is 11.5. The lowest BCUT2D eigenvalue weighted by atomic mass is 9.70. The summed E-state index contributed by atoms with van der Waals surface area (Å²) < 4.78 is 27.0. The molecule has 2 rings (SSSR count). The number of halogens is 2. The normalized spacial score (nSPS) is 35.9. The van der Waals surface area contributed by atoms with Crippen molar-refractivity contribution >= 4 is 0 Å². The van der Waals surface area contributed by atoms with Gasteiger partial charge in [-0.05, 0) is 11.8 Å². The van der Waals surface area contributed by atoms with Crippen molar-refractivity contribution in [1.29, 1.82) is 0 Å². The zero-order valence-electron chi connectivity index (χ0n) is 9.74. The van der Waals surface area contributed by atoms with Crippen LogP contribution in [0.15, 0.2) is 12.2 Å². The lowest BCUT2D eigenvalue weighted by Crippen LogP contribution is -2.49. The predicted octanol–water partition coefficient (Wildman–Crippen LogP) is 3.07. The van der Waals surface area contributed by atoms with Crippen molar-refractivity contribution in [2.24, 2.45) is 5.41 Å². The molecule has 1 atom stereocenters. The second-order valence-electron chi connectivity index (χ2n) is 6.10. The first-order valence-electron chi connectivity index (χ1n) is 5.46. The summed E-state index contributed by atoms with van der Waals surface area (Å²) >= 11 is 0. The van der Waals surface area contributed by atoms with E-state index in [-0.39, 0.29) is 23.9 Å². The molecule has 0 aromatic carbocycles. The monoisotopic (exact) mass is 215 g/mol. The Balaban J connectivity index is 2.38. The minimum absolute atomic E-state index is 0.0114. The molecule has 2 aliphatic heterocycles. The molecule has 2 fully saturated rings. The molecule has 0 N–H and O–H groups in total. The van der Waals surface area contributed by atoms with Gasteiger partial charge in [0.25, 0.3) is 5.92 Å². The van der Waals surface area contributed by atoms with Crippen LogP contribution in [-0.2, 0) is 0 Å². The molecule has 3 heteroatoms.